The second-order valence-corrected chi connectivity index (χ2v) is 3.27. The van der Waals surface area contributed by atoms with Gasteiger partial charge in [0.05, 0.1) is 6.61 Å². The molecule has 0 saturated carbocycles. The van der Waals surface area contributed by atoms with Gasteiger partial charge in [-0.3, -0.25) is 0 Å². The second kappa shape index (κ2) is 4.18. The Hall–Kier alpha value is -1.17. The van der Waals surface area contributed by atoms with E-state index >= 15 is 0 Å². The fourth-order valence-electron chi connectivity index (χ4n) is 0.807. The van der Waals surface area contributed by atoms with Crippen LogP contribution in [0.2, 0.25) is 0 Å². The van der Waals surface area contributed by atoms with E-state index in [1.54, 1.807) is 11.8 Å². The first kappa shape index (κ1) is 9.91. The van der Waals surface area contributed by atoms with Crippen molar-refractivity contribution >= 4 is 22.5 Å². The zero-order valence-corrected chi connectivity index (χ0v) is 8.59. The van der Waals surface area contributed by atoms with Crippen molar-refractivity contribution in [2.75, 3.05) is 25.6 Å². The molecule has 0 N–H and O–H groups in total. The average Bonchev–Trinajstić information content (AvgIpc) is 2.52. The lowest BCUT2D eigenvalue weighted by Crippen LogP contribution is -2.13. The molecule has 0 spiro atoms. The summed E-state index contributed by atoms with van der Waals surface area (Å²) in [5.41, 5.74) is 0.289. The highest BCUT2D eigenvalue weighted by molar-refractivity contribution is 7.10. The Morgan fingerprint density at radius 2 is 2.31 bits per heavy atom. The molecule has 5 nitrogen and oxygen atoms in total. The second-order valence-electron chi connectivity index (χ2n) is 2.54. The smallest absolute Gasteiger partial charge is 0.362 e. The van der Waals surface area contributed by atoms with Crippen LogP contribution < -0.4 is 4.90 Å². The highest BCUT2D eigenvalue weighted by atomic mass is 32.1. The number of esters is 1. The molecule has 72 valence electrons. The van der Waals surface area contributed by atoms with Crippen molar-refractivity contribution in [3.63, 3.8) is 0 Å². The highest BCUT2D eigenvalue weighted by Crippen LogP contribution is 2.20. The number of nitrogens with zero attached hydrogens (tertiary/aromatic N) is 3. The molecule has 0 fully saturated rings. The highest BCUT2D eigenvalue weighted by Gasteiger charge is 2.18. The molecule has 1 aromatic rings. The van der Waals surface area contributed by atoms with Crippen LogP contribution in [0, 0.1) is 0 Å². The topological polar surface area (TPSA) is 55.3 Å². The monoisotopic (exact) mass is 201 g/mol. The number of aromatic nitrogens is 2. The maximum Gasteiger partial charge on any atom is 0.362 e. The number of ether oxygens (including phenoxy) is 1. The molecule has 13 heavy (non-hydrogen) atoms. The third-order valence-electron chi connectivity index (χ3n) is 1.35. The maximum absolute atomic E-state index is 11.3. The van der Waals surface area contributed by atoms with E-state index in [1.807, 2.05) is 14.1 Å². The Bertz CT molecular complexity index is 298. The molecule has 6 heteroatoms. The lowest BCUT2D eigenvalue weighted by molar-refractivity contribution is 0.0520. The molecule has 0 atom stereocenters. The summed E-state index contributed by atoms with van der Waals surface area (Å²) < 4.78 is 8.51. The summed E-state index contributed by atoms with van der Waals surface area (Å²) in [7, 11) is 3.66. The molecule has 0 aliphatic rings. The third-order valence-corrected chi connectivity index (χ3v) is 2.24. The third kappa shape index (κ3) is 2.15. The minimum absolute atomic E-state index is 0.289. The van der Waals surface area contributed by atoms with Gasteiger partial charge in [0.15, 0.2) is 0 Å². The number of carbonyl (C=O) groups excluding carboxylic acids is 1. The van der Waals surface area contributed by atoms with Gasteiger partial charge < -0.3 is 9.64 Å². The van der Waals surface area contributed by atoms with Crippen molar-refractivity contribution in [1.29, 1.82) is 0 Å². The summed E-state index contributed by atoms with van der Waals surface area (Å²) in [5.74, 6) is -0.417. The van der Waals surface area contributed by atoms with Crippen LogP contribution in [-0.4, -0.2) is 36.3 Å². The number of hydrogen-bond acceptors (Lipinski definition) is 6. The van der Waals surface area contributed by atoms with E-state index in [0.29, 0.717) is 6.61 Å². The van der Waals surface area contributed by atoms with Crippen molar-refractivity contribution in [2.24, 2.45) is 0 Å². The van der Waals surface area contributed by atoms with E-state index in [9.17, 15) is 4.79 Å². The van der Waals surface area contributed by atoms with Gasteiger partial charge in [0.25, 0.3) is 0 Å². The van der Waals surface area contributed by atoms with Crippen molar-refractivity contribution in [2.45, 2.75) is 6.92 Å². The van der Waals surface area contributed by atoms with Crippen LogP contribution in [0.15, 0.2) is 0 Å². The van der Waals surface area contributed by atoms with Crippen molar-refractivity contribution in [3.8, 4) is 0 Å². The predicted octanol–water partition coefficient (Wildman–Crippen LogP) is 0.781. The van der Waals surface area contributed by atoms with E-state index in [4.69, 9.17) is 4.74 Å². The molecule has 0 aliphatic carbocycles. The summed E-state index contributed by atoms with van der Waals surface area (Å²) in [6.45, 7) is 2.11. The Labute approximate surface area is 80.5 Å². The molecule has 1 rings (SSSR count). The molecular formula is C7H11N3O2S. The number of anilines is 1. The predicted molar refractivity (Wildman–Crippen MR) is 50.2 cm³/mol. The first-order valence-corrected chi connectivity index (χ1v) is 4.61. The van der Waals surface area contributed by atoms with Crippen LogP contribution in [0.25, 0.3) is 0 Å². The Balaban J connectivity index is 2.87. The average molecular weight is 201 g/mol. The van der Waals surface area contributed by atoms with Gasteiger partial charge in [-0.05, 0) is 6.92 Å². The Kier molecular flexibility index (Phi) is 3.18. The molecule has 0 amide bonds. The lowest BCUT2D eigenvalue weighted by atomic mass is 10.4. The zero-order chi connectivity index (χ0) is 9.84. The molecular weight excluding hydrogens is 190 g/mol. The molecule has 1 heterocycles. The van der Waals surface area contributed by atoms with Crippen LogP contribution in [0.3, 0.4) is 0 Å². The Morgan fingerprint density at radius 3 is 2.85 bits per heavy atom. The molecule has 0 bridgehead atoms. The molecule has 0 unspecified atom stereocenters. The first-order chi connectivity index (χ1) is 6.16. The first-order valence-electron chi connectivity index (χ1n) is 3.83. The van der Waals surface area contributed by atoms with Gasteiger partial charge in [0, 0.05) is 25.6 Å². The van der Waals surface area contributed by atoms with Crippen molar-refractivity contribution in [1.82, 2.24) is 9.59 Å². The maximum atomic E-state index is 11.3. The van der Waals surface area contributed by atoms with Crippen molar-refractivity contribution < 1.29 is 9.53 Å². The summed E-state index contributed by atoms with van der Waals surface area (Å²) in [4.78, 5) is 13.1. The van der Waals surface area contributed by atoms with Gasteiger partial charge in [-0.25, -0.2) is 4.79 Å². The van der Waals surface area contributed by atoms with Gasteiger partial charge in [-0.2, -0.15) is 0 Å². The van der Waals surface area contributed by atoms with E-state index in [0.717, 1.165) is 5.00 Å². The Morgan fingerprint density at radius 1 is 1.62 bits per heavy atom. The molecule has 1 aromatic heterocycles. The molecule has 0 saturated heterocycles. The molecule has 0 radical (unpaired) electrons. The van der Waals surface area contributed by atoms with Gasteiger partial charge in [0.2, 0.25) is 5.69 Å². The van der Waals surface area contributed by atoms with Crippen LogP contribution in [0.5, 0.6) is 0 Å². The fourth-order valence-corrected chi connectivity index (χ4v) is 1.38. The summed E-state index contributed by atoms with van der Waals surface area (Å²) in [6.07, 6.45) is 0. The van der Waals surface area contributed by atoms with Gasteiger partial charge >= 0.3 is 5.97 Å². The number of rotatable bonds is 3. The minimum Gasteiger partial charge on any atom is -0.461 e. The number of hydrogen-bond donors (Lipinski definition) is 0. The molecule has 0 aliphatic heterocycles. The van der Waals surface area contributed by atoms with Gasteiger partial charge in [0.1, 0.15) is 5.00 Å². The van der Waals surface area contributed by atoms with E-state index in [-0.39, 0.29) is 5.69 Å². The van der Waals surface area contributed by atoms with Crippen LogP contribution in [-0.2, 0) is 4.74 Å². The van der Waals surface area contributed by atoms with Crippen LogP contribution >= 0.6 is 11.5 Å². The molecule has 0 aromatic carbocycles. The summed E-state index contributed by atoms with van der Waals surface area (Å²) in [5, 5.41) is 4.43. The van der Waals surface area contributed by atoms with E-state index in [1.165, 1.54) is 11.5 Å². The van der Waals surface area contributed by atoms with E-state index in [2.05, 4.69) is 9.59 Å². The normalized spacial score (nSPS) is 9.77. The quantitative estimate of drug-likeness (QED) is 0.676. The van der Waals surface area contributed by atoms with E-state index < -0.39 is 5.97 Å². The zero-order valence-electron chi connectivity index (χ0n) is 7.77. The van der Waals surface area contributed by atoms with Gasteiger partial charge in [-0.1, -0.05) is 4.49 Å². The van der Waals surface area contributed by atoms with Crippen LogP contribution in [0.1, 0.15) is 17.4 Å². The minimum atomic E-state index is -0.417. The van der Waals surface area contributed by atoms with Crippen molar-refractivity contribution in [3.05, 3.63) is 5.69 Å². The fraction of sp³-hybridized carbons (Fsp3) is 0.571. The standard InChI is InChI=1S/C7H11N3O2S/c1-4-12-7(11)5-6(10(2)3)13-9-8-5/h4H2,1-3H3. The van der Waals surface area contributed by atoms with Gasteiger partial charge in [-0.15, -0.1) is 5.10 Å². The SMILES string of the molecule is CCOC(=O)c1nnsc1N(C)C. The lowest BCUT2D eigenvalue weighted by Gasteiger charge is -2.08. The van der Waals surface area contributed by atoms with Crippen LogP contribution in [0.4, 0.5) is 5.00 Å². The number of carbonyl (C=O) groups is 1. The largest absolute Gasteiger partial charge is 0.461 e. The summed E-state index contributed by atoms with van der Waals surface area (Å²) >= 11 is 1.18. The summed E-state index contributed by atoms with van der Waals surface area (Å²) in [6, 6.07) is 0.